The van der Waals surface area contributed by atoms with E-state index < -0.39 is 28.5 Å². The predicted octanol–water partition coefficient (Wildman–Crippen LogP) is 5.69. The lowest BCUT2D eigenvalue weighted by molar-refractivity contribution is -0.140. The average molecular weight is 655 g/mol. The molecule has 0 spiro atoms. The molecule has 3 aromatic carbocycles. The normalized spacial score (nSPS) is 12.0. The molecule has 2 amide bonds. The van der Waals surface area contributed by atoms with Crippen LogP contribution in [0.2, 0.25) is 10.0 Å². The van der Waals surface area contributed by atoms with Crippen LogP contribution in [-0.4, -0.2) is 50.5 Å². The van der Waals surface area contributed by atoms with Crippen LogP contribution in [0.4, 0.5) is 5.69 Å². The molecule has 11 heteroatoms. The van der Waals surface area contributed by atoms with Gasteiger partial charge in [-0.15, -0.1) is 0 Å². The van der Waals surface area contributed by atoms with Crippen LogP contribution < -0.4 is 9.62 Å². The Morgan fingerprint density at radius 2 is 1.64 bits per heavy atom. The molecule has 0 saturated carbocycles. The molecule has 0 fully saturated rings. The molecule has 0 aromatic heterocycles. The van der Waals surface area contributed by atoms with Gasteiger partial charge in [-0.1, -0.05) is 88.5 Å². The number of hydrogen-bond donors (Lipinski definition) is 1. The molecular weight excluding hydrogens is 625 g/mol. The van der Waals surface area contributed by atoms with E-state index in [0.29, 0.717) is 11.6 Å². The van der Waals surface area contributed by atoms with Crippen LogP contribution in [0.1, 0.15) is 24.5 Å². The molecule has 0 bridgehead atoms. The number of anilines is 1. The minimum atomic E-state index is -3.93. The van der Waals surface area contributed by atoms with Gasteiger partial charge in [0.2, 0.25) is 21.8 Å². The quantitative estimate of drug-likeness (QED) is 0.272. The van der Waals surface area contributed by atoms with Crippen LogP contribution in [-0.2, 0) is 32.6 Å². The van der Waals surface area contributed by atoms with E-state index in [4.69, 9.17) is 23.2 Å². The van der Waals surface area contributed by atoms with Crippen LogP contribution in [0.25, 0.3) is 0 Å². The number of amides is 2. The lowest BCUT2D eigenvalue weighted by atomic mass is 10.0. The van der Waals surface area contributed by atoms with Gasteiger partial charge in [0.05, 0.1) is 17.0 Å². The summed E-state index contributed by atoms with van der Waals surface area (Å²) in [5.74, 6) is -0.872. The monoisotopic (exact) mass is 653 g/mol. The third kappa shape index (κ3) is 8.96. The zero-order chi connectivity index (χ0) is 28.6. The molecule has 0 aliphatic heterocycles. The number of sulfonamides is 1. The summed E-state index contributed by atoms with van der Waals surface area (Å²) in [6.07, 6.45) is 1.97. The summed E-state index contributed by atoms with van der Waals surface area (Å²) in [5.41, 5.74) is 1.77. The first-order valence-electron chi connectivity index (χ1n) is 12.3. The van der Waals surface area contributed by atoms with Crippen molar-refractivity contribution < 1.29 is 18.0 Å². The topological polar surface area (TPSA) is 86.8 Å². The first-order chi connectivity index (χ1) is 18.5. The highest BCUT2D eigenvalue weighted by atomic mass is 79.9. The van der Waals surface area contributed by atoms with Crippen molar-refractivity contribution in [2.75, 3.05) is 23.7 Å². The van der Waals surface area contributed by atoms with E-state index in [1.807, 2.05) is 61.5 Å². The number of hydrogen-bond acceptors (Lipinski definition) is 4. The van der Waals surface area contributed by atoms with Crippen molar-refractivity contribution in [3.05, 3.63) is 98.4 Å². The number of carbonyl (C=O) groups is 2. The number of nitrogens with one attached hydrogen (secondary N) is 1. The molecule has 7 nitrogen and oxygen atoms in total. The van der Waals surface area contributed by atoms with Gasteiger partial charge in [0, 0.05) is 29.0 Å². The maximum Gasteiger partial charge on any atom is 0.244 e. The summed E-state index contributed by atoms with van der Waals surface area (Å²) >= 11 is 15.8. The predicted molar refractivity (Wildman–Crippen MR) is 161 cm³/mol. The molecule has 1 atom stereocenters. The molecule has 3 aromatic rings. The average Bonchev–Trinajstić information content (AvgIpc) is 2.89. The minimum absolute atomic E-state index is 0.0849. The van der Waals surface area contributed by atoms with Crippen LogP contribution in [0.3, 0.4) is 0 Å². The van der Waals surface area contributed by atoms with Gasteiger partial charge in [-0.2, -0.15) is 0 Å². The molecule has 0 saturated heterocycles. The second kappa shape index (κ2) is 14.2. The van der Waals surface area contributed by atoms with E-state index in [1.54, 1.807) is 0 Å². The molecular formula is C28H30BrCl2N3O4S. The number of halogens is 3. The molecule has 39 heavy (non-hydrogen) atoms. The molecule has 0 radical (unpaired) electrons. The van der Waals surface area contributed by atoms with Gasteiger partial charge in [0.25, 0.3) is 0 Å². The Labute approximate surface area is 248 Å². The van der Waals surface area contributed by atoms with Gasteiger partial charge >= 0.3 is 0 Å². The number of carbonyl (C=O) groups excluding carboxylic acids is 2. The second-order valence-corrected chi connectivity index (χ2v) is 12.7. The van der Waals surface area contributed by atoms with Gasteiger partial charge in [-0.05, 0) is 47.9 Å². The number of benzene rings is 3. The Balaban J connectivity index is 2.05. The van der Waals surface area contributed by atoms with Crippen LogP contribution >= 0.6 is 39.1 Å². The van der Waals surface area contributed by atoms with Crippen molar-refractivity contribution in [3.63, 3.8) is 0 Å². The molecule has 0 unspecified atom stereocenters. The van der Waals surface area contributed by atoms with E-state index in [2.05, 4.69) is 21.2 Å². The molecule has 208 valence electrons. The SMILES string of the molecule is CCCNC(=O)[C@@H](Cc1ccccc1)N(Cc1ccc(Br)cc1)C(=O)CN(c1ccc(Cl)cc1Cl)S(C)(=O)=O. The van der Waals surface area contributed by atoms with E-state index in [1.165, 1.54) is 23.1 Å². The van der Waals surface area contributed by atoms with Crippen LogP contribution in [0.5, 0.6) is 0 Å². The fraction of sp³-hybridized carbons (Fsp3) is 0.286. The summed E-state index contributed by atoms with van der Waals surface area (Å²) in [4.78, 5) is 28.9. The first-order valence-corrected chi connectivity index (χ1v) is 15.7. The lowest BCUT2D eigenvalue weighted by Crippen LogP contribution is -2.53. The van der Waals surface area contributed by atoms with E-state index >= 15 is 0 Å². The number of nitrogens with zero attached hydrogens (tertiary/aromatic N) is 2. The van der Waals surface area contributed by atoms with Gasteiger partial charge in [0.1, 0.15) is 12.6 Å². The Bertz CT molecular complexity index is 1390. The Morgan fingerprint density at radius 1 is 0.974 bits per heavy atom. The maximum absolute atomic E-state index is 14.0. The highest BCUT2D eigenvalue weighted by molar-refractivity contribution is 9.10. The summed E-state index contributed by atoms with van der Waals surface area (Å²) in [6.45, 7) is 1.93. The fourth-order valence-electron chi connectivity index (χ4n) is 3.98. The van der Waals surface area contributed by atoms with Crippen molar-refractivity contribution in [1.82, 2.24) is 10.2 Å². The summed E-state index contributed by atoms with van der Waals surface area (Å²) in [5, 5.41) is 3.32. The van der Waals surface area contributed by atoms with Crippen molar-refractivity contribution in [2.24, 2.45) is 0 Å². The minimum Gasteiger partial charge on any atom is -0.354 e. The van der Waals surface area contributed by atoms with Crippen molar-refractivity contribution in [2.45, 2.75) is 32.4 Å². The van der Waals surface area contributed by atoms with Crippen LogP contribution in [0.15, 0.2) is 77.3 Å². The number of rotatable bonds is 12. The standard InChI is InChI=1S/C28H30BrCl2N3O4S/c1-3-15-32-28(36)26(16-20-7-5-4-6-8-20)33(18-21-9-11-22(29)12-10-21)27(35)19-34(39(2,37)38)25-14-13-23(30)17-24(25)31/h4-14,17,26H,3,15-16,18-19H2,1-2H3,(H,32,36)/t26-/m1/s1. The Hall–Kier alpha value is -2.59. The maximum atomic E-state index is 14.0. The molecule has 1 N–H and O–H groups in total. The summed E-state index contributed by atoms with van der Waals surface area (Å²) < 4.78 is 27.5. The zero-order valence-corrected chi connectivity index (χ0v) is 25.5. The van der Waals surface area contributed by atoms with Gasteiger partial charge in [-0.25, -0.2) is 8.42 Å². The third-order valence-corrected chi connectivity index (χ3v) is 8.14. The molecule has 0 aliphatic carbocycles. The van der Waals surface area contributed by atoms with E-state index in [9.17, 15) is 18.0 Å². The van der Waals surface area contributed by atoms with Crippen molar-refractivity contribution >= 4 is 66.7 Å². The largest absolute Gasteiger partial charge is 0.354 e. The van der Waals surface area contributed by atoms with E-state index in [-0.39, 0.29) is 29.6 Å². The van der Waals surface area contributed by atoms with Crippen LogP contribution in [0, 0.1) is 0 Å². The van der Waals surface area contributed by atoms with Gasteiger partial charge in [0.15, 0.2) is 0 Å². The van der Waals surface area contributed by atoms with Crippen molar-refractivity contribution in [1.29, 1.82) is 0 Å². The highest BCUT2D eigenvalue weighted by Crippen LogP contribution is 2.30. The second-order valence-electron chi connectivity index (χ2n) is 9.01. The van der Waals surface area contributed by atoms with E-state index in [0.717, 1.165) is 32.6 Å². The molecule has 0 heterocycles. The van der Waals surface area contributed by atoms with Gasteiger partial charge < -0.3 is 10.2 Å². The third-order valence-electron chi connectivity index (χ3n) is 5.94. The summed E-state index contributed by atoms with van der Waals surface area (Å²) in [6, 6.07) is 20.2. The Morgan fingerprint density at radius 3 is 2.23 bits per heavy atom. The smallest absolute Gasteiger partial charge is 0.244 e. The van der Waals surface area contributed by atoms with Crippen molar-refractivity contribution in [3.8, 4) is 0 Å². The summed E-state index contributed by atoms with van der Waals surface area (Å²) in [7, 11) is -3.93. The highest BCUT2D eigenvalue weighted by Gasteiger charge is 2.33. The lowest BCUT2D eigenvalue weighted by Gasteiger charge is -2.33. The fourth-order valence-corrected chi connectivity index (χ4v) is 5.67. The zero-order valence-electron chi connectivity index (χ0n) is 21.6. The molecule has 0 aliphatic rings. The molecule has 3 rings (SSSR count). The van der Waals surface area contributed by atoms with Gasteiger partial charge in [-0.3, -0.25) is 13.9 Å². The first kappa shape index (κ1) is 30.9. The Kier molecular flexibility index (Phi) is 11.2.